The van der Waals surface area contributed by atoms with Crippen LogP contribution in [0.15, 0.2) is 102 Å². The van der Waals surface area contributed by atoms with Crippen LogP contribution in [0.4, 0.5) is 0 Å². The standard InChI is InChI=1S/C29H19ClIN3O3/c30-22-14-6-5-12-20(22)25-21-13-8-15-23(31)26(21)33-27(25)28(35)34-32-17-19-11-4-7-16-24(19)37-29(36)18-9-2-1-3-10-18/h1-17,33H,(H,34,35). The van der Waals surface area contributed by atoms with E-state index in [2.05, 4.69) is 38.1 Å². The summed E-state index contributed by atoms with van der Waals surface area (Å²) < 4.78 is 6.52. The second-order valence-electron chi connectivity index (χ2n) is 8.01. The Labute approximate surface area is 231 Å². The van der Waals surface area contributed by atoms with Gasteiger partial charge in [-0.15, -0.1) is 0 Å². The van der Waals surface area contributed by atoms with Crippen LogP contribution in [0.3, 0.4) is 0 Å². The number of rotatable bonds is 6. The molecule has 1 amide bonds. The van der Waals surface area contributed by atoms with E-state index in [1.165, 1.54) is 6.21 Å². The predicted molar refractivity (Wildman–Crippen MR) is 154 cm³/mol. The summed E-state index contributed by atoms with van der Waals surface area (Å²) in [5.41, 5.74) is 6.17. The Balaban J connectivity index is 1.42. The molecule has 0 saturated heterocycles. The number of carbonyl (C=O) groups is 2. The van der Waals surface area contributed by atoms with Gasteiger partial charge in [-0.3, -0.25) is 4.79 Å². The number of hydrazone groups is 1. The molecule has 0 atom stereocenters. The van der Waals surface area contributed by atoms with Crippen molar-refractivity contribution in [1.82, 2.24) is 10.4 Å². The molecule has 0 aliphatic heterocycles. The molecule has 0 fully saturated rings. The van der Waals surface area contributed by atoms with Gasteiger partial charge in [0.2, 0.25) is 0 Å². The molecule has 0 saturated carbocycles. The van der Waals surface area contributed by atoms with E-state index in [1.54, 1.807) is 54.6 Å². The fourth-order valence-corrected chi connectivity index (χ4v) is 4.79. The minimum atomic E-state index is -0.484. The molecule has 8 heteroatoms. The Morgan fingerprint density at radius 2 is 1.62 bits per heavy atom. The van der Waals surface area contributed by atoms with Crippen LogP contribution in [0, 0.1) is 3.57 Å². The topological polar surface area (TPSA) is 83.5 Å². The van der Waals surface area contributed by atoms with E-state index in [9.17, 15) is 9.59 Å². The normalized spacial score (nSPS) is 11.1. The van der Waals surface area contributed by atoms with Gasteiger partial charge in [0, 0.05) is 30.7 Å². The highest BCUT2D eigenvalue weighted by Gasteiger charge is 2.21. The lowest BCUT2D eigenvalue weighted by Crippen LogP contribution is -2.19. The molecular formula is C29H19ClIN3O3. The quantitative estimate of drug-likeness (QED) is 0.0701. The first kappa shape index (κ1) is 24.7. The zero-order chi connectivity index (χ0) is 25.8. The number of amides is 1. The van der Waals surface area contributed by atoms with Crippen LogP contribution in [-0.2, 0) is 0 Å². The molecule has 182 valence electrons. The van der Waals surface area contributed by atoms with Crippen LogP contribution in [0.2, 0.25) is 5.02 Å². The van der Waals surface area contributed by atoms with Gasteiger partial charge in [0.15, 0.2) is 0 Å². The van der Waals surface area contributed by atoms with Crippen molar-refractivity contribution in [2.24, 2.45) is 5.10 Å². The number of benzene rings is 4. The second kappa shape index (κ2) is 11.0. The summed E-state index contributed by atoms with van der Waals surface area (Å²) in [6, 6.07) is 28.9. The third kappa shape index (κ3) is 5.28. The molecule has 0 radical (unpaired) electrons. The maximum absolute atomic E-state index is 13.3. The largest absolute Gasteiger partial charge is 0.422 e. The Bertz CT molecular complexity index is 1650. The summed E-state index contributed by atoms with van der Waals surface area (Å²) in [5, 5.41) is 5.56. The number of aromatic amines is 1. The van der Waals surface area contributed by atoms with Gasteiger partial charge in [0.25, 0.3) is 5.91 Å². The third-order valence-electron chi connectivity index (χ3n) is 5.65. The zero-order valence-corrected chi connectivity index (χ0v) is 22.2. The summed E-state index contributed by atoms with van der Waals surface area (Å²) in [5.74, 6) is -0.592. The SMILES string of the molecule is O=C(Oc1ccccc1C=NNC(=O)c1[nH]c2c(I)cccc2c1-c1ccccc1Cl)c1ccccc1. The average molecular weight is 620 g/mol. The number of esters is 1. The Morgan fingerprint density at radius 1 is 0.892 bits per heavy atom. The van der Waals surface area contributed by atoms with Crippen molar-refractivity contribution in [1.29, 1.82) is 0 Å². The first-order chi connectivity index (χ1) is 18.0. The number of nitrogens with one attached hydrogen (secondary N) is 2. The molecular weight excluding hydrogens is 601 g/mol. The van der Waals surface area contributed by atoms with Crippen LogP contribution in [0.25, 0.3) is 22.0 Å². The third-order valence-corrected chi connectivity index (χ3v) is 6.88. The molecule has 1 heterocycles. The molecule has 1 aromatic heterocycles. The number of para-hydroxylation sites is 2. The fraction of sp³-hybridized carbons (Fsp3) is 0. The molecule has 2 N–H and O–H groups in total. The first-order valence-corrected chi connectivity index (χ1v) is 12.7. The van der Waals surface area contributed by atoms with Crippen LogP contribution in [-0.4, -0.2) is 23.1 Å². The predicted octanol–water partition coefficient (Wildman–Crippen LogP) is 7.08. The number of halogens is 2. The van der Waals surface area contributed by atoms with Gasteiger partial charge < -0.3 is 9.72 Å². The second-order valence-corrected chi connectivity index (χ2v) is 9.58. The Kier molecular flexibility index (Phi) is 7.34. The van der Waals surface area contributed by atoms with Crippen LogP contribution < -0.4 is 10.2 Å². The highest BCUT2D eigenvalue weighted by Crippen LogP contribution is 2.37. The maximum Gasteiger partial charge on any atom is 0.343 e. The van der Waals surface area contributed by atoms with E-state index in [-0.39, 0.29) is 0 Å². The van der Waals surface area contributed by atoms with Crippen molar-refractivity contribution in [2.45, 2.75) is 0 Å². The van der Waals surface area contributed by atoms with Crippen molar-refractivity contribution < 1.29 is 14.3 Å². The highest BCUT2D eigenvalue weighted by molar-refractivity contribution is 14.1. The van der Waals surface area contributed by atoms with Gasteiger partial charge in [0.1, 0.15) is 11.4 Å². The van der Waals surface area contributed by atoms with Crippen LogP contribution in [0.5, 0.6) is 5.75 Å². The highest BCUT2D eigenvalue weighted by atomic mass is 127. The maximum atomic E-state index is 13.3. The van der Waals surface area contributed by atoms with Gasteiger partial charge in [-0.2, -0.15) is 5.10 Å². The number of hydrogen-bond acceptors (Lipinski definition) is 4. The van der Waals surface area contributed by atoms with Crippen molar-refractivity contribution in [3.63, 3.8) is 0 Å². The van der Waals surface area contributed by atoms with E-state index in [4.69, 9.17) is 16.3 Å². The monoisotopic (exact) mass is 619 g/mol. The van der Waals surface area contributed by atoms with Crippen molar-refractivity contribution in [2.75, 3.05) is 0 Å². The average Bonchev–Trinajstić information content (AvgIpc) is 3.31. The lowest BCUT2D eigenvalue weighted by atomic mass is 10.0. The first-order valence-electron chi connectivity index (χ1n) is 11.3. The minimum absolute atomic E-state index is 0.325. The molecule has 37 heavy (non-hydrogen) atoms. The molecule has 6 nitrogen and oxygen atoms in total. The molecule has 0 aliphatic carbocycles. The van der Waals surface area contributed by atoms with Crippen molar-refractivity contribution in [3.8, 4) is 16.9 Å². The van der Waals surface area contributed by atoms with E-state index in [1.807, 2.05) is 42.5 Å². The number of hydrogen-bond donors (Lipinski definition) is 2. The summed E-state index contributed by atoms with van der Waals surface area (Å²) in [6.45, 7) is 0. The van der Waals surface area contributed by atoms with E-state index in [0.29, 0.717) is 33.2 Å². The Hall–Kier alpha value is -3.95. The van der Waals surface area contributed by atoms with Gasteiger partial charge >= 0.3 is 5.97 Å². The molecule has 0 bridgehead atoms. The molecule has 4 aromatic carbocycles. The summed E-state index contributed by atoms with van der Waals surface area (Å²) >= 11 is 8.73. The lowest BCUT2D eigenvalue weighted by molar-refractivity contribution is 0.0734. The number of nitrogens with zero attached hydrogens (tertiary/aromatic N) is 1. The van der Waals surface area contributed by atoms with Gasteiger partial charge in [-0.05, 0) is 59.0 Å². The van der Waals surface area contributed by atoms with Gasteiger partial charge in [-0.1, -0.05) is 72.3 Å². The number of fused-ring (bicyclic) bond motifs is 1. The molecule has 0 unspecified atom stereocenters. The number of H-pyrrole nitrogens is 1. The Morgan fingerprint density at radius 3 is 2.43 bits per heavy atom. The van der Waals surface area contributed by atoms with Crippen LogP contribution in [0.1, 0.15) is 26.4 Å². The number of carbonyl (C=O) groups excluding carboxylic acids is 2. The molecule has 5 aromatic rings. The van der Waals surface area contributed by atoms with Gasteiger partial charge in [0.05, 0.1) is 17.3 Å². The van der Waals surface area contributed by atoms with Crippen LogP contribution >= 0.6 is 34.2 Å². The summed E-state index contributed by atoms with van der Waals surface area (Å²) in [6.07, 6.45) is 1.44. The zero-order valence-electron chi connectivity index (χ0n) is 19.2. The van der Waals surface area contributed by atoms with E-state index in [0.717, 1.165) is 20.0 Å². The minimum Gasteiger partial charge on any atom is -0.422 e. The number of ether oxygens (including phenoxy) is 1. The van der Waals surface area contributed by atoms with Crippen molar-refractivity contribution >= 4 is 63.2 Å². The molecule has 0 aliphatic rings. The van der Waals surface area contributed by atoms with Gasteiger partial charge in [-0.25, -0.2) is 10.2 Å². The van der Waals surface area contributed by atoms with E-state index < -0.39 is 11.9 Å². The summed E-state index contributed by atoms with van der Waals surface area (Å²) in [7, 11) is 0. The summed E-state index contributed by atoms with van der Waals surface area (Å²) in [4.78, 5) is 29.0. The van der Waals surface area contributed by atoms with E-state index >= 15 is 0 Å². The lowest BCUT2D eigenvalue weighted by Gasteiger charge is -2.08. The smallest absolute Gasteiger partial charge is 0.343 e. The molecule has 5 rings (SSSR count). The molecule has 0 spiro atoms. The fourth-order valence-electron chi connectivity index (χ4n) is 3.93. The number of aromatic nitrogens is 1. The van der Waals surface area contributed by atoms with Crippen molar-refractivity contribution in [3.05, 3.63) is 122 Å².